The monoisotopic (exact) mass is 277 g/mol. The fourth-order valence-electron chi connectivity index (χ4n) is 2.18. The number of carbonyl (C=O) groups excluding carboxylic acids is 1. The molecule has 0 radical (unpaired) electrons. The summed E-state index contributed by atoms with van der Waals surface area (Å²) in [5.41, 5.74) is 6.75. The standard InChI is InChI=1S/C16H27N3O/c1-13(7-6-8-14(2)17)16(20)19(3)12-10-15-9-4-5-11-18-15/h4-5,9,11,13-14H,6-8,10,12,17H2,1-3H3. The maximum atomic E-state index is 12.2. The third-order valence-corrected chi connectivity index (χ3v) is 3.52. The molecule has 1 amide bonds. The van der Waals surface area contributed by atoms with Gasteiger partial charge < -0.3 is 10.6 Å². The first kappa shape index (κ1) is 16.6. The van der Waals surface area contributed by atoms with Crippen LogP contribution in [0.25, 0.3) is 0 Å². The summed E-state index contributed by atoms with van der Waals surface area (Å²) in [6, 6.07) is 6.09. The van der Waals surface area contributed by atoms with Crippen LogP contribution in [0.4, 0.5) is 0 Å². The van der Waals surface area contributed by atoms with E-state index in [-0.39, 0.29) is 17.9 Å². The number of nitrogens with two attached hydrogens (primary N) is 1. The molecule has 2 unspecified atom stereocenters. The predicted molar refractivity (Wildman–Crippen MR) is 82.2 cm³/mol. The average molecular weight is 277 g/mol. The summed E-state index contributed by atoms with van der Waals surface area (Å²) in [6.45, 7) is 4.72. The van der Waals surface area contributed by atoms with E-state index in [0.29, 0.717) is 6.54 Å². The molecule has 0 aliphatic heterocycles. The number of nitrogens with zero attached hydrogens (tertiary/aromatic N) is 2. The van der Waals surface area contributed by atoms with Gasteiger partial charge in [-0.3, -0.25) is 9.78 Å². The van der Waals surface area contributed by atoms with Gasteiger partial charge in [0, 0.05) is 43.9 Å². The Bertz CT molecular complexity index is 392. The molecule has 112 valence electrons. The Balaban J connectivity index is 2.31. The van der Waals surface area contributed by atoms with Crippen molar-refractivity contribution >= 4 is 5.91 Å². The molecule has 0 saturated carbocycles. The van der Waals surface area contributed by atoms with Gasteiger partial charge in [-0.05, 0) is 31.9 Å². The van der Waals surface area contributed by atoms with E-state index in [1.54, 1.807) is 6.20 Å². The van der Waals surface area contributed by atoms with E-state index in [4.69, 9.17) is 5.73 Å². The summed E-state index contributed by atoms with van der Waals surface area (Å²) in [5.74, 6) is 0.285. The van der Waals surface area contributed by atoms with Crippen LogP contribution in [0.2, 0.25) is 0 Å². The number of pyridine rings is 1. The van der Waals surface area contributed by atoms with E-state index in [1.165, 1.54) is 0 Å². The first-order chi connectivity index (χ1) is 9.50. The van der Waals surface area contributed by atoms with Crippen molar-refractivity contribution in [1.29, 1.82) is 0 Å². The third-order valence-electron chi connectivity index (χ3n) is 3.52. The topological polar surface area (TPSA) is 59.2 Å². The van der Waals surface area contributed by atoms with Gasteiger partial charge in [-0.1, -0.05) is 19.4 Å². The molecule has 1 aromatic rings. The number of hydrogen-bond donors (Lipinski definition) is 1. The van der Waals surface area contributed by atoms with E-state index >= 15 is 0 Å². The van der Waals surface area contributed by atoms with Crippen molar-refractivity contribution < 1.29 is 4.79 Å². The molecule has 0 bridgehead atoms. The Morgan fingerprint density at radius 2 is 2.10 bits per heavy atom. The van der Waals surface area contributed by atoms with Crippen molar-refractivity contribution in [2.24, 2.45) is 11.7 Å². The summed E-state index contributed by atoms with van der Waals surface area (Å²) < 4.78 is 0. The van der Waals surface area contributed by atoms with Crippen LogP contribution in [-0.4, -0.2) is 35.4 Å². The minimum atomic E-state index is 0.0717. The second-order valence-corrected chi connectivity index (χ2v) is 5.64. The van der Waals surface area contributed by atoms with Crippen LogP contribution in [0.15, 0.2) is 24.4 Å². The highest BCUT2D eigenvalue weighted by Gasteiger charge is 2.17. The number of hydrogen-bond acceptors (Lipinski definition) is 3. The number of amides is 1. The van der Waals surface area contributed by atoms with Crippen LogP contribution in [0.3, 0.4) is 0 Å². The summed E-state index contributed by atoms with van der Waals surface area (Å²) in [5, 5.41) is 0. The molecule has 2 atom stereocenters. The van der Waals surface area contributed by atoms with Gasteiger partial charge in [0.2, 0.25) is 5.91 Å². The molecule has 0 aliphatic carbocycles. The van der Waals surface area contributed by atoms with E-state index in [0.717, 1.165) is 31.4 Å². The van der Waals surface area contributed by atoms with Gasteiger partial charge in [-0.15, -0.1) is 0 Å². The van der Waals surface area contributed by atoms with Crippen LogP contribution in [-0.2, 0) is 11.2 Å². The van der Waals surface area contributed by atoms with Crippen molar-refractivity contribution in [2.45, 2.75) is 45.6 Å². The van der Waals surface area contributed by atoms with Gasteiger partial charge in [-0.2, -0.15) is 0 Å². The average Bonchev–Trinajstić information content (AvgIpc) is 2.44. The van der Waals surface area contributed by atoms with Crippen LogP contribution in [0, 0.1) is 5.92 Å². The summed E-state index contributed by atoms with van der Waals surface area (Å²) >= 11 is 0. The molecule has 1 aromatic heterocycles. The fourth-order valence-corrected chi connectivity index (χ4v) is 2.18. The van der Waals surface area contributed by atoms with Crippen LogP contribution in [0.5, 0.6) is 0 Å². The van der Waals surface area contributed by atoms with E-state index in [2.05, 4.69) is 4.98 Å². The Morgan fingerprint density at radius 3 is 2.70 bits per heavy atom. The molecule has 4 nitrogen and oxygen atoms in total. The van der Waals surface area contributed by atoms with Crippen LogP contribution in [0.1, 0.15) is 38.8 Å². The zero-order chi connectivity index (χ0) is 15.0. The maximum Gasteiger partial charge on any atom is 0.225 e. The molecule has 1 heterocycles. The van der Waals surface area contributed by atoms with Gasteiger partial charge in [-0.25, -0.2) is 0 Å². The fraction of sp³-hybridized carbons (Fsp3) is 0.625. The molecule has 4 heteroatoms. The lowest BCUT2D eigenvalue weighted by Crippen LogP contribution is -2.33. The number of carbonyl (C=O) groups is 1. The van der Waals surface area contributed by atoms with Gasteiger partial charge in [0.1, 0.15) is 0 Å². The minimum absolute atomic E-state index is 0.0717. The zero-order valence-electron chi connectivity index (χ0n) is 12.9. The molecule has 0 spiro atoms. The Labute approximate surface area is 122 Å². The number of likely N-dealkylation sites (N-methyl/N-ethyl adjacent to an activating group) is 1. The molecular weight excluding hydrogens is 250 g/mol. The Kier molecular flexibility index (Phi) is 7.23. The molecule has 0 aliphatic rings. The summed E-state index contributed by atoms with van der Waals surface area (Å²) in [7, 11) is 1.87. The van der Waals surface area contributed by atoms with Gasteiger partial charge in [0.25, 0.3) is 0 Å². The molecule has 0 fully saturated rings. The van der Waals surface area contributed by atoms with Gasteiger partial charge in [0.15, 0.2) is 0 Å². The van der Waals surface area contributed by atoms with Crippen molar-refractivity contribution in [1.82, 2.24) is 9.88 Å². The highest BCUT2D eigenvalue weighted by Crippen LogP contribution is 2.12. The summed E-state index contributed by atoms with van der Waals surface area (Å²) in [6.07, 6.45) is 5.49. The molecule has 0 aromatic carbocycles. The van der Waals surface area contributed by atoms with Crippen LogP contribution < -0.4 is 5.73 Å². The third kappa shape index (κ3) is 6.15. The van der Waals surface area contributed by atoms with Crippen molar-refractivity contribution in [3.63, 3.8) is 0 Å². The lowest BCUT2D eigenvalue weighted by molar-refractivity contribution is -0.133. The minimum Gasteiger partial charge on any atom is -0.345 e. The normalized spacial score (nSPS) is 13.8. The van der Waals surface area contributed by atoms with E-state index in [9.17, 15) is 4.79 Å². The van der Waals surface area contributed by atoms with Crippen molar-refractivity contribution in [3.8, 4) is 0 Å². The molecule has 1 rings (SSSR count). The lowest BCUT2D eigenvalue weighted by Gasteiger charge is -2.21. The highest BCUT2D eigenvalue weighted by molar-refractivity contribution is 5.78. The molecule has 2 N–H and O–H groups in total. The second-order valence-electron chi connectivity index (χ2n) is 5.64. The molecule has 0 saturated heterocycles. The summed E-state index contributed by atoms with van der Waals surface area (Å²) in [4.78, 5) is 18.3. The highest BCUT2D eigenvalue weighted by atomic mass is 16.2. The quantitative estimate of drug-likeness (QED) is 0.792. The first-order valence-corrected chi connectivity index (χ1v) is 7.41. The molecule has 20 heavy (non-hydrogen) atoms. The number of rotatable bonds is 8. The second kappa shape index (κ2) is 8.69. The van der Waals surface area contributed by atoms with Crippen LogP contribution >= 0.6 is 0 Å². The Hall–Kier alpha value is -1.42. The van der Waals surface area contributed by atoms with E-state index < -0.39 is 0 Å². The van der Waals surface area contributed by atoms with Crippen molar-refractivity contribution in [3.05, 3.63) is 30.1 Å². The maximum absolute atomic E-state index is 12.2. The van der Waals surface area contributed by atoms with Crippen molar-refractivity contribution in [2.75, 3.05) is 13.6 Å². The number of aromatic nitrogens is 1. The first-order valence-electron chi connectivity index (χ1n) is 7.41. The Morgan fingerprint density at radius 1 is 1.35 bits per heavy atom. The smallest absolute Gasteiger partial charge is 0.225 e. The van der Waals surface area contributed by atoms with Gasteiger partial charge >= 0.3 is 0 Å². The van der Waals surface area contributed by atoms with Gasteiger partial charge in [0.05, 0.1) is 0 Å². The SMILES string of the molecule is CC(N)CCCC(C)C(=O)N(C)CCc1ccccn1. The van der Waals surface area contributed by atoms with E-state index in [1.807, 2.05) is 44.0 Å². The zero-order valence-corrected chi connectivity index (χ0v) is 12.9. The molecular formula is C16H27N3O. The predicted octanol–water partition coefficient (Wildman–Crippen LogP) is 2.24. The lowest BCUT2D eigenvalue weighted by atomic mass is 10.0. The largest absolute Gasteiger partial charge is 0.345 e.